The van der Waals surface area contributed by atoms with Crippen molar-refractivity contribution in [1.82, 2.24) is 4.98 Å². The Bertz CT molecular complexity index is 333. The van der Waals surface area contributed by atoms with Gasteiger partial charge in [-0.2, -0.15) is 0 Å². The molecule has 0 amide bonds. The zero-order chi connectivity index (χ0) is 10.9. The first-order valence-electron chi connectivity index (χ1n) is 5.40. The predicted octanol–water partition coefficient (Wildman–Crippen LogP) is 2.06. The van der Waals surface area contributed by atoms with E-state index in [0.29, 0.717) is 0 Å². The highest BCUT2D eigenvalue weighted by molar-refractivity contribution is 7.09. The van der Waals surface area contributed by atoms with Crippen LogP contribution >= 0.6 is 11.3 Å². The van der Waals surface area contributed by atoms with Crippen molar-refractivity contribution in [3.63, 3.8) is 0 Å². The number of hydrogen-bond donors (Lipinski definition) is 1. The van der Waals surface area contributed by atoms with E-state index in [9.17, 15) is 0 Å². The van der Waals surface area contributed by atoms with Crippen LogP contribution in [0.1, 0.15) is 36.9 Å². The summed E-state index contributed by atoms with van der Waals surface area (Å²) in [6.07, 6.45) is 4.51. The normalized spacial score (nSPS) is 21.0. The van der Waals surface area contributed by atoms with Gasteiger partial charge in [0.2, 0.25) is 0 Å². The van der Waals surface area contributed by atoms with E-state index in [1.165, 1.54) is 6.42 Å². The minimum atomic E-state index is -0.120. The highest BCUT2D eigenvalue weighted by Gasteiger charge is 2.36. The predicted molar refractivity (Wildman–Crippen MR) is 62.0 cm³/mol. The van der Waals surface area contributed by atoms with Crippen molar-refractivity contribution < 1.29 is 4.74 Å². The van der Waals surface area contributed by atoms with Crippen molar-refractivity contribution in [3.05, 3.63) is 16.1 Å². The van der Waals surface area contributed by atoms with E-state index in [1.54, 1.807) is 18.4 Å². The van der Waals surface area contributed by atoms with Gasteiger partial charge < -0.3 is 10.5 Å². The molecule has 3 nitrogen and oxygen atoms in total. The van der Waals surface area contributed by atoms with E-state index in [1.807, 2.05) is 0 Å². The van der Waals surface area contributed by atoms with Gasteiger partial charge in [0.1, 0.15) is 0 Å². The fourth-order valence-electron chi connectivity index (χ4n) is 1.78. The summed E-state index contributed by atoms with van der Waals surface area (Å²) in [6, 6.07) is 0. The van der Waals surface area contributed by atoms with Crippen LogP contribution in [0.25, 0.3) is 0 Å². The Morgan fingerprint density at radius 1 is 1.67 bits per heavy atom. The third-order valence-electron chi connectivity index (χ3n) is 3.17. The number of thiazole rings is 1. The van der Waals surface area contributed by atoms with Gasteiger partial charge in [-0.05, 0) is 26.2 Å². The van der Waals surface area contributed by atoms with Gasteiger partial charge in [-0.15, -0.1) is 11.3 Å². The number of aromatic nitrogens is 1. The van der Waals surface area contributed by atoms with Crippen LogP contribution in [0.15, 0.2) is 5.38 Å². The van der Waals surface area contributed by atoms with Crippen molar-refractivity contribution in [2.24, 2.45) is 5.73 Å². The van der Waals surface area contributed by atoms with Crippen molar-refractivity contribution in [2.45, 2.75) is 44.2 Å². The van der Waals surface area contributed by atoms with Crippen LogP contribution in [0.3, 0.4) is 0 Å². The number of hydrogen-bond acceptors (Lipinski definition) is 4. The fraction of sp³-hybridized carbons (Fsp3) is 0.727. The minimum Gasteiger partial charge on any atom is -0.381 e. The topological polar surface area (TPSA) is 48.1 Å². The van der Waals surface area contributed by atoms with Crippen LogP contribution in [-0.4, -0.2) is 18.2 Å². The van der Waals surface area contributed by atoms with E-state index in [0.717, 1.165) is 30.0 Å². The largest absolute Gasteiger partial charge is 0.381 e. The molecule has 0 aromatic carbocycles. The average Bonchev–Trinajstić information content (AvgIpc) is 2.62. The molecule has 15 heavy (non-hydrogen) atoms. The molecule has 4 heteroatoms. The smallest absolute Gasteiger partial charge is 0.0954 e. The highest BCUT2D eigenvalue weighted by atomic mass is 32.1. The zero-order valence-corrected chi connectivity index (χ0v) is 10.1. The average molecular weight is 226 g/mol. The molecule has 1 aromatic rings. The summed E-state index contributed by atoms with van der Waals surface area (Å²) >= 11 is 1.70. The molecule has 1 aliphatic carbocycles. The van der Waals surface area contributed by atoms with Gasteiger partial charge in [0.25, 0.3) is 0 Å². The second-order valence-electron chi connectivity index (χ2n) is 4.39. The lowest BCUT2D eigenvalue weighted by Gasteiger charge is -2.36. The number of methoxy groups -OCH3 is 1. The standard InChI is InChI=1S/C11H18N2OS/c1-8(14-2)6-10-13-9(7-15-10)11(12)4-3-5-11/h7-8H,3-6,12H2,1-2H3. The maximum atomic E-state index is 6.21. The third-order valence-corrected chi connectivity index (χ3v) is 4.04. The molecule has 1 aromatic heterocycles. The van der Waals surface area contributed by atoms with Gasteiger partial charge in [-0.3, -0.25) is 0 Å². The van der Waals surface area contributed by atoms with Crippen LogP contribution in [-0.2, 0) is 16.7 Å². The van der Waals surface area contributed by atoms with Gasteiger partial charge in [0.05, 0.1) is 22.3 Å². The van der Waals surface area contributed by atoms with Crippen LogP contribution in [0.4, 0.5) is 0 Å². The summed E-state index contributed by atoms with van der Waals surface area (Å²) < 4.78 is 5.22. The summed E-state index contributed by atoms with van der Waals surface area (Å²) in [5.74, 6) is 0. The molecule has 1 saturated carbocycles. The maximum absolute atomic E-state index is 6.21. The molecule has 0 spiro atoms. The maximum Gasteiger partial charge on any atom is 0.0954 e. The SMILES string of the molecule is COC(C)Cc1nc(C2(N)CCC2)cs1. The van der Waals surface area contributed by atoms with Crippen molar-refractivity contribution in [2.75, 3.05) is 7.11 Å². The first-order valence-corrected chi connectivity index (χ1v) is 6.28. The van der Waals surface area contributed by atoms with E-state index >= 15 is 0 Å². The van der Waals surface area contributed by atoms with E-state index in [-0.39, 0.29) is 11.6 Å². The molecule has 1 aliphatic rings. The van der Waals surface area contributed by atoms with Gasteiger partial charge in [-0.1, -0.05) is 0 Å². The monoisotopic (exact) mass is 226 g/mol. The quantitative estimate of drug-likeness (QED) is 0.855. The Morgan fingerprint density at radius 2 is 2.40 bits per heavy atom. The van der Waals surface area contributed by atoms with Crippen LogP contribution in [0.5, 0.6) is 0 Å². The zero-order valence-electron chi connectivity index (χ0n) is 9.32. The summed E-state index contributed by atoms with van der Waals surface area (Å²) in [5.41, 5.74) is 7.17. The number of rotatable bonds is 4. The second kappa shape index (κ2) is 4.20. The Labute approximate surface area is 94.7 Å². The first-order chi connectivity index (χ1) is 7.14. The Hall–Kier alpha value is -0.450. The van der Waals surface area contributed by atoms with E-state index in [4.69, 9.17) is 10.5 Å². The first kappa shape index (κ1) is 11.0. The summed E-state index contributed by atoms with van der Waals surface area (Å²) in [6.45, 7) is 2.06. The Balaban J connectivity index is 2.04. The van der Waals surface area contributed by atoms with E-state index in [2.05, 4.69) is 17.3 Å². The number of ether oxygens (including phenoxy) is 1. The van der Waals surface area contributed by atoms with Crippen molar-refractivity contribution in [3.8, 4) is 0 Å². The molecule has 1 unspecified atom stereocenters. The van der Waals surface area contributed by atoms with Gasteiger partial charge in [0, 0.05) is 18.9 Å². The minimum absolute atomic E-state index is 0.120. The highest BCUT2D eigenvalue weighted by Crippen LogP contribution is 2.38. The summed E-state index contributed by atoms with van der Waals surface area (Å²) in [4.78, 5) is 4.61. The number of nitrogens with two attached hydrogens (primary N) is 1. The molecule has 0 radical (unpaired) electrons. The molecule has 0 bridgehead atoms. The lowest BCUT2D eigenvalue weighted by Crippen LogP contribution is -2.43. The molecule has 1 heterocycles. The lowest BCUT2D eigenvalue weighted by atomic mass is 9.76. The van der Waals surface area contributed by atoms with Crippen molar-refractivity contribution in [1.29, 1.82) is 0 Å². The van der Waals surface area contributed by atoms with Crippen LogP contribution < -0.4 is 5.73 Å². The van der Waals surface area contributed by atoms with Crippen LogP contribution in [0, 0.1) is 0 Å². The van der Waals surface area contributed by atoms with Gasteiger partial charge in [-0.25, -0.2) is 4.98 Å². The summed E-state index contributed by atoms with van der Waals surface area (Å²) in [7, 11) is 1.73. The van der Waals surface area contributed by atoms with Gasteiger partial charge >= 0.3 is 0 Å². The Morgan fingerprint density at radius 3 is 2.93 bits per heavy atom. The molecule has 1 atom stereocenters. The molecule has 84 valence electrons. The molecule has 1 fully saturated rings. The van der Waals surface area contributed by atoms with Crippen LogP contribution in [0.2, 0.25) is 0 Å². The summed E-state index contributed by atoms with van der Waals surface area (Å²) in [5, 5.41) is 3.24. The molecule has 2 rings (SSSR count). The number of nitrogens with zero attached hydrogens (tertiary/aromatic N) is 1. The second-order valence-corrected chi connectivity index (χ2v) is 5.33. The lowest BCUT2D eigenvalue weighted by molar-refractivity contribution is 0.118. The molecular weight excluding hydrogens is 208 g/mol. The van der Waals surface area contributed by atoms with Crippen molar-refractivity contribution >= 4 is 11.3 Å². The molecular formula is C11H18N2OS. The molecule has 0 aliphatic heterocycles. The van der Waals surface area contributed by atoms with E-state index < -0.39 is 0 Å². The Kier molecular flexibility index (Phi) is 3.09. The third kappa shape index (κ3) is 2.22. The molecule has 2 N–H and O–H groups in total. The fourth-order valence-corrected chi connectivity index (χ4v) is 2.79. The van der Waals surface area contributed by atoms with Gasteiger partial charge in [0.15, 0.2) is 0 Å². The molecule has 0 saturated heterocycles.